The highest BCUT2D eigenvalue weighted by Crippen LogP contribution is 2.10. The SMILES string of the molecule is CCS(=O)(=O)CCNc1ncc(F)cc1F. The van der Waals surface area contributed by atoms with Crippen LogP contribution in [0.5, 0.6) is 0 Å². The largest absolute Gasteiger partial charge is 0.367 e. The minimum Gasteiger partial charge on any atom is -0.367 e. The molecule has 1 aromatic rings. The van der Waals surface area contributed by atoms with Crippen LogP contribution in [0.25, 0.3) is 0 Å². The number of anilines is 1. The Hall–Kier alpha value is -1.24. The lowest BCUT2D eigenvalue weighted by atomic mass is 10.4. The zero-order chi connectivity index (χ0) is 12.2. The van der Waals surface area contributed by atoms with Crippen LogP contribution in [0.4, 0.5) is 14.6 Å². The number of pyridine rings is 1. The van der Waals surface area contributed by atoms with Crippen molar-refractivity contribution in [2.45, 2.75) is 6.92 Å². The molecule has 0 amide bonds. The Bertz CT molecular complexity index is 463. The van der Waals surface area contributed by atoms with Gasteiger partial charge in [0.25, 0.3) is 0 Å². The average Bonchev–Trinajstić information content (AvgIpc) is 2.21. The highest BCUT2D eigenvalue weighted by atomic mass is 32.2. The Morgan fingerprint density at radius 3 is 2.69 bits per heavy atom. The topological polar surface area (TPSA) is 59.1 Å². The van der Waals surface area contributed by atoms with Gasteiger partial charge < -0.3 is 5.32 Å². The number of nitrogens with one attached hydrogen (secondary N) is 1. The van der Waals surface area contributed by atoms with Crippen molar-refractivity contribution in [1.29, 1.82) is 0 Å². The van der Waals surface area contributed by atoms with E-state index in [1.165, 1.54) is 6.92 Å². The highest BCUT2D eigenvalue weighted by molar-refractivity contribution is 7.91. The van der Waals surface area contributed by atoms with Crippen LogP contribution in [-0.2, 0) is 9.84 Å². The second-order valence-corrected chi connectivity index (χ2v) is 5.62. The van der Waals surface area contributed by atoms with Gasteiger partial charge in [0.15, 0.2) is 21.5 Å². The molecule has 0 radical (unpaired) electrons. The molecule has 0 aliphatic carbocycles. The minimum atomic E-state index is -3.10. The molecule has 1 aromatic heterocycles. The summed E-state index contributed by atoms with van der Waals surface area (Å²) in [5.41, 5.74) is 0. The molecule has 0 aliphatic heterocycles. The normalized spacial score (nSPS) is 11.4. The molecule has 0 spiro atoms. The van der Waals surface area contributed by atoms with Crippen LogP contribution in [0.15, 0.2) is 12.3 Å². The van der Waals surface area contributed by atoms with Gasteiger partial charge in [0.2, 0.25) is 0 Å². The van der Waals surface area contributed by atoms with Crippen LogP contribution in [0.1, 0.15) is 6.92 Å². The molecular formula is C9H12F2N2O2S. The van der Waals surface area contributed by atoms with Crippen molar-refractivity contribution in [2.75, 3.05) is 23.4 Å². The fourth-order valence-corrected chi connectivity index (χ4v) is 1.72. The summed E-state index contributed by atoms with van der Waals surface area (Å²) in [5.74, 6) is -1.83. The molecule has 90 valence electrons. The molecule has 0 aliphatic rings. The Morgan fingerprint density at radius 1 is 1.44 bits per heavy atom. The second kappa shape index (κ2) is 5.20. The number of hydrogen-bond donors (Lipinski definition) is 1. The van der Waals surface area contributed by atoms with Crippen molar-refractivity contribution in [2.24, 2.45) is 0 Å². The van der Waals surface area contributed by atoms with Gasteiger partial charge >= 0.3 is 0 Å². The van der Waals surface area contributed by atoms with Crippen LogP contribution in [0.2, 0.25) is 0 Å². The summed E-state index contributed by atoms with van der Waals surface area (Å²) in [6.45, 7) is 1.58. The van der Waals surface area contributed by atoms with Crippen molar-refractivity contribution in [3.05, 3.63) is 23.9 Å². The van der Waals surface area contributed by atoms with Gasteiger partial charge in [-0.2, -0.15) is 0 Å². The molecule has 1 heterocycles. The van der Waals surface area contributed by atoms with E-state index in [2.05, 4.69) is 10.3 Å². The van der Waals surface area contributed by atoms with Gasteiger partial charge in [0, 0.05) is 18.4 Å². The molecular weight excluding hydrogens is 238 g/mol. The van der Waals surface area contributed by atoms with Crippen LogP contribution < -0.4 is 5.32 Å². The second-order valence-electron chi connectivity index (χ2n) is 3.15. The number of nitrogens with zero attached hydrogens (tertiary/aromatic N) is 1. The van der Waals surface area contributed by atoms with Crippen molar-refractivity contribution < 1.29 is 17.2 Å². The van der Waals surface area contributed by atoms with Gasteiger partial charge in [0.1, 0.15) is 5.82 Å². The van der Waals surface area contributed by atoms with Crippen molar-refractivity contribution in [3.63, 3.8) is 0 Å². The van der Waals surface area contributed by atoms with E-state index >= 15 is 0 Å². The number of halogens is 2. The van der Waals surface area contributed by atoms with Gasteiger partial charge in [-0.05, 0) is 0 Å². The monoisotopic (exact) mass is 250 g/mol. The molecule has 0 atom stereocenters. The van der Waals surface area contributed by atoms with E-state index in [1.807, 2.05) is 0 Å². The molecule has 0 unspecified atom stereocenters. The molecule has 4 nitrogen and oxygen atoms in total. The number of sulfone groups is 1. The molecule has 0 aromatic carbocycles. The maximum Gasteiger partial charge on any atom is 0.168 e. The summed E-state index contributed by atoms with van der Waals surface area (Å²) >= 11 is 0. The van der Waals surface area contributed by atoms with Crippen molar-refractivity contribution >= 4 is 15.7 Å². The molecule has 1 rings (SSSR count). The predicted molar refractivity (Wildman–Crippen MR) is 57.0 cm³/mol. The molecule has 1 N–H and O–H groups in total. The van der Waals surface area contributed by atoms with Crippen LogP contribution >= 0.6 is 0 Å². The Morgan fingerprint density at radius 2 is 2.12 bits per heavy atom. The average molecular weight is 250 g/mol. The highest BCUT2D eigenvalue weighted by Gasteiger charge is 2.09. The first-order valence-electron chi connectivity index (χ1n) is 4.70. The maximum atomic E-state index is 13.0. The number of aromatic nitrogens is 1. The lowest BCUT2D eigenvalue weighted by Crippen LogP contribution is -2.18. The van der Waals surface area contributed by atoms with Gasteiger partial charge in [-0.25, -0.2) is 22.2 Å². The quantitative estimate of drug-likeness (QED) is 0.853. The Kier molecular flexibility index (Phi) is 4.17. The van der Waals surface area contributed by atoms with Crippen LogP contribution in [0, 0.1) is 11.6 Å². The standard InChI is InChI=1S/C9H12F2N2O2S/c1-2-16(14,15)4-3-12-9-8(11)5-7(10)6-13-9/h5-6H,2-4H2,1H3,(H,12,13). The summed E-state index contributed by atoms with van der Waals surface area (Å²) in [5, 5.41) is 2.50. The van der Waals surface area contributed by atoms with E-state index < -0.39 is 21.5 Å². The van der Waals surface area contributed by atoms with Crippen LogP contribution in [0.3, 0.4) is 0 Å². The number of hydrogen-bond acceptors (Lipinski definition) is 4. The lowest BCUT2D eigenvalue weighted by molar-refractivity contribution is 0.575. The summed E-state index contributed by atoms with van der Waals surface area (Å²) in [6, 6.07) is 0.684. The Balaban J connectivity index is 2.56. The fraction of sp³-hybridized carbons (Fsp3) is 0.444. The minimum absolute atomic E-state index is 0.0357. The zero-order valence-electron chi connectivity index (χ0n) is 8.70. The lowest BCUT2D eigenvalue weighted by Gasteiger charge is -2.06. The van der Waals surface area contributed by atoms with Gasteiger partial charge in [-0.3, -0.25) is 0 Å². The Labute approximate surface area is 92.6 Å². The summed E-state index contributed by atoms with van der Waals surface area (Å²) < 4.78 is 47.8. The third kappa shape index (κ3) is 3.73. The van der Waals surface area contributed by atoms with Crippen LogP contribution in [-0.4, -0.2) is 31.5 Å². The fourth-order valence-electron chi connectivity index (χ4n) is 1.01. The first-order chi connectivity index (χ1) is 7.44. The maximum absolute atomic E-state index is 13.0. The molecule has 0 saturated heterocycles. The predicted octanol–water partition coefficient (Wildman–Crippen LogP) is 1.21. The molecule has 16 heavy (non-hydrogen) atoms. The van der Waals surface area contributed by atoms with E-state index in [9.17, 15) is 17.2 Å². The van der Waals surface area contributed by atoms with Gasteiger partial charge in [0.05, 0.1) is 11.9 Å². The van der Waals surface area contributed by atoms with Gasteiger partial charge in [-0.15, -0.1) is 0 Å². The van der Waals surface area contributed by atoms with E-state index in [0.717, 1.165) is 6.20 Å². The molecule has 0 saturated carbocycles. The molecule has 7 heteroatoms. The van der Waals surface area contributed by atoms with E-state index in [-0.39, 0.29) is 23.9 Å². The first kappa shape index (κ1) is 12.8. The molecule has 0 bridgehead atoms. The molecule has 0 fully saturated rings. The third-order valence-electron chi connectivity index (χ3n) is 1.95. The smallest absolute Gasteiger partial charge is 0.168 e. The van der Waals surface area contributed by atoms with E-state index in [4.69, 9.17) is 0 Å². The summed E-state index contributed by atoms with van der Waals surface area (Å²) in [4.78, 5) is 3.47. The zero-order valence-corrected chi connectivity index (χ0v) is 9.52. The van der Waals surface area contributed by atoms with Crippen molar-refractivity contribution in [3.8, 4) is 0 Å². The summed E-state index contributed by atoms with van der Waals surface area (Å²) in [7, 11) is -3.10. The third-order valence-corrected chi connectivity index (χ3v) is 3.66. The summed E-state index contributed by atoms with van der Waals surface area (Å²) in [6.07, 6.45) is 0.861. The van der Waals surface area contributed by atoms with Gasteiger partial charge in [-0.1, -0.05) is 6.92 Å². The van der Waals surface area contributed by atoms with Crippen molar-refractivity contribution in [1.82, 2.24) is 4.98 Å². The number of rotatable bonds is 5. The van der Waals surface area contributed by atoms with E-state index in [1.54, 1.807) is 0 Å². The van der Waals surface area contributed by atoms with E-state index in [0.29, 0.717) is 6.07 Å². The first-order valence-corrected chi connectivity index (χ1v) is 6.52.